The van der Waals surface area contributed by atoms with E-state index < -0.39 is 0 Å². The molecule has 5 heteroatoms. The predicted octanol–water partition coefficient (Wildman–Crippen LogP) is 2.08. The van der Waals surface area contributed by atoms with Gasteiger partial charge in [-0.3, -0.25) is 4.79 Å². The fraction of sp³-hybridized carbons (Fsp3) is 0.588. The molecule has 22 heavy (non-hydrogen) atoms. The van der Waals surface area contributed by atoms with Crippen LogP contribution in [0.4, 0.5) is 4.39 Å². The smallest absolute Gasteiger partial charge is 0.237 e. The number of nitrogens with one attached hydrogen (secondary N) is 2. The molecule has 2 N–H and O–H groups in total. The molecule has 1 aromatic rings. The van der Waals surface area contributed by atoms with Crippen LogP contribution in [0.15, 0.2) is 18.2 Å². The van der Waals surface area contributed by atoms with E-state index in [2.05, 4.69) is 17.6 Å². The van der Waals surface area contributed by atoms with E-state index in [-0.39, 0.29) is 29.7 Å². The standard InChI is InChI=1S/C17H23FN2O2/c1-10-3-5-13(14(18)7-10)16(12-8-22-9-12)20-17(21)15-6-4-11(2)19-15/h3,5,7,11-12,15-16,19H,4,6,8-9H2,1-2H3,(H,20,21)/t11-,15?,16-/m1/s1. The van der Waals surface area contributed by atoms with Gasteiger partial charge in [0.1, 0.15) is 5.82 Å². The van der Waals surface area contributed by atoms with Crippen LogP contribution in [0.5, 0.6) is 0 Å². The maximum Gasteiger partial charge on any atom is 0.237 e. The SMILES string of the molecule is Cc1ccc([C@H](NC(=O)C2CC[C@@H](C)N2)C2COC2)c(F)c1. The summed E-state index contributed by atoms with van der Waals surface area (Å²) in [6.45, 7) is 5.06. The highest BCUT2D eigenvalue weighted by Crippen LogP contribution is 2.30. The summed E-state index contributed by atoms with van der Waals surface area (Å²) in [6, 6.07) is 5.04. The van der Waals surface area contributed by atoms with E-state index in [0.717, 1.165) is 18.4 Å². The summed E-state index contributed by atoms with van der Waals surface area (Å²) >= 11 is 0. The number of hydrogen-bond donors (Lipinski definition) is 2. The first-order valence-electron chi connectivity index (χ1n) is 7.95. The first-order chi connectivity index (χ1) is 10.5. The number of benzene rings is 1. The Morgan fingerprint density at radius 3 is 2.73 bits per heavy atom. The highest BCUT2D eigenvalue weighted by atomic mass is 19.1. The molecule has 3 atom stereocenters. The van der Waals surface area contributed by atoms with E-state index in [4.69, 9.17) is 4.74 Å². The molecule has 2 aliphatic rings. The van der Waals surface area contributed by atoms with Gasteiger partial charge in [-0.15, -0.1) is 0 Å². The van der Waals surface area contributed by atoms with Crippen molar-refractivity contribution in [1.29, 1.82) is 0 Å². The van der Waals surface area contributed by atoms with Crippen LogP contribution in [-0.4, -0.2) is 31.2 Å². The highest BCUT2D eigenvalue weighted by molar-refractivity contribution is 5.82. The zero-order valence-corrected chi connectivity index (χ0v) is 13.1. The summed E-state index contributed by atoms with van der Waals surface area (Å²) in [7, 11) is 0. The molecule has 2 saturated heterocycles. The molecule has 1 aromatic carbocycles. The van der Waals surface area contributed by atoms with E-state index >= 15 is 0 Å². The molecule has 0 saturated carbocycles. The molecule has 2 fully saturated rings. The molecular weight excluding hydrogens is 283 g/mol. The van der Waals surface area contributed by atoms with Gasteiger partial charge < -0.3 is 15.4 Å². The summed E-state index contributed by atoms with van der Waals surface area (Å²) in [5.41, 5.74) is 1.43. The Balaban J connectivity index is 1.76. The Morgan fingerprint density at radius 1 is 1.41 bits per heavy atom. The lowest BCUT2D eigenvalue weighted by Gasteiger charge is -2.35. The molecule has 0 spiro atoms. The molecule has 0 radical (unpaired) electrons. The minimum atomic E-state index is -0.320. The van der Waals surface area contributed by atoms with Crippen molar-refractivity contribution in [3.63, 3.8) is 0 Å². The second-order valence-electron chi connectivity index (χ2n) is 6.51. The Bertz CT molecular complexity index is 560. The van der Waals surface area contributed by atoms with Gasteiger partial charge in [-0.05, 0) is 38.3 Å². The predicted molar refractivity (Wildman–Crippen MR) is 81.9 cm³/mol. The number of hydrogen-bond acceptors (Lipinski definition) is 3. The van der Waals surface area contributed by atoms with Crippen molar-refractivity contribution in [2.75, 3.05) is 13.2 Å². The zero-order valence-electron chi connectivity index (χ0n) is 13.1. The van der Waals surface area contributed by atoms with Crippen LogP contribution < -0.4 is 10.6 Å². The van der Waals surface area contributed by atoms with Gasteiger partial charge >= 0.3 is 0 Å². The average Bonchev–Trinajstić information content (AvgIpc) is 2.83. The summed E-state index contributed by atoms with van der Waals surface area (Å²) in [6.07, 6.45) is 1.82. The third-order valence-electron chi connectivity index (χ3n) is 4.61. The molecule has 1 amide bonds. The van der Waals surface area contributed by atoms with Gasteiger partial charge in [0, 0.05) is 17.5 Å². The number of halogens is 1. The normalized spacial score (nSPS) is 26.5. The van der Waals surface area contributed by atoms with Crippen molar-refractivity contribution in [1.82, 2.24) is 10.6 Å². The van der Waals surface area contributed by atoms with Crippen LogP contribution in [0.2, 0.25) is 0 Å². The maximum absolute atomic E-state index is 14.3. The van der Waals surface area contributed by atoms with Gasteiger partial charge in [-0.25, -0.2) is 4.39 Å². The number of ether oxygens (including phenoxy) is 1. The van der Waals surface area contributed by atoms with Crippen molar-refractivity contribution < 1.29 is 13.9 Å². The Kier molecular flexibility index (Phi) is 4.45. The second kappa shape index (κ2) is 6.34. The van der Waals surface area contributed by atoms with E-state index in [9.17, 15) is 9.18 Å². The number of rotatable bonds is 4. The number of amides is 1. The summed E-state index contributed by atoms with van der Waals surface area (Å²) in [5.74, 6) is -0.161. The van der Waals surface area contributed by atoms with Crippen LogP contribution in [0.3, 0.4) is 0 Å². The lowest BCUT2D eigenvalue weighted by Crippen LogP contribution is -2.48. The molecule has 2 heterocycles. The van der Waals surface area contributed by atoms with Gasteiger partial charge in [0.2, 0.25) is 5.91 Å². The van der Waals surface area contributed by atoms with E-state index in [0.29, 0.717) is 24.8 Å². The molecule has 1 unspecified atom stereocenters. The third-order valence-corrected chi connectivity index (χ3v) is 4.61. The van der Waals surface area contributed by atoms with Crippen molar-refractivity contribution in [3.05, 3.63) is 35.1 Å². The van der Waals surface area contributed by atoms with Crippen molar-refractivity contribution in [2.45, 2.75) is 44.8 Å². The van der Waals surface area contributed by atoms with Crippen molar-refractivity contribution in [2.24, 2.45) is 5.92 Å². The molecular formula is C17H23FN2O2. The monoisotopic (exact) mass is 306 g/mol. The van der Waals surface area contributed by atoms with Crippen LogP contribution in [-0.2, 0) is 9.53 Å². The van der Waals surface area contributed by atoms with Gasteiger partial charge in [0.25, 0.3) is 0 Å². The van der Waals surface area contributed by atoms with Crippen LogP contribution in [0.25, 0.3) is 0 Å². The molecule has 2 aliphatic heterocycles. The Labute approximate surface area is 130 Å². The van der Waals surface area contributed by atoms with Gasteiger partial charge in [-0.2, -0.15) is 0 Å². The summed E-state index contributed by atoms with van der Waals surface area (Å²) in [4.78, 5) is 12.5. The highest BCUT2D eigenvalue weighted by Gasteiger charge is 2.35. The van der Waals surface area contributed by atoms with Gasteiger partial charge in [-0.1, -0.05) is 12.1 Å². The van der Waals surface area contributed by atoms with E-state index in [1.165, 1.54) is 6.07 Å². The first-order valence-corrected chi connectivity index (χ1v) is 7.95. The topological polar surface area (TPSA) is 50.4 Å². The lowest BCUT2D eigenvalue weighted by molar-refractivity contribution is -0.126. The largest absolute Gasteiger partial charge is 0.381 e. The molecule has 120 valence electrons. The third kappa shape index (κ3) is 3.15. The van der Waals surface area contributed by atoms with Crippen LogP contribution >= 0.6 is 0 Å². The maximum atomic E-state index is 14.3. The Morgan fingerprint density at radius 2 is 2.18 bits per heavy atom. The van der Waals surface area contributed by atoms with Crippen molar-refractivity contribution >= 4 is 5.91 Å². The van der Waals surface area contributed by atoms with Gasteiger partial charge in [0.15, 0.2) is 0 Å². The Hall–Kier alpha value is -1.46. The fourth-order valence-electron chi connectivity index (χ4n) is 3.17. The van der Waals surface area contributed by atoms with Gasteiger partial charge in [0.05, 0.1) is 25.3 Å². The van der Waals surface area contributed by atoms with Crippen LogP contribution in [0, 0.1) is 18.7 Å². The molecule has 0 aromatic heterocycles. The fourth-order valence-corrected chi connectivity index (χ4v) is 3.17. The van der Waals surface area contributed by atoms with Crippen molar-refractivity contribution in [3.8, 4) is 0 Å². The molecule has 4 nitrogen and oxygen atoms in total. The quantitative estimate of drug-likeness (QED) is 0.895. The zero-order chi connectivity index (χ0) is 15.7. The van der Waals surface area contributed by atoms with Crippen LogP contribution in [0.1, 0.15) is 36.9 Å². The second-order valence-corrected chi connectivity index (χ2v) is 6.51. The minimum absolute atomic E-state index is 0.0405. The lowest BCUT2D eigenvalue weighted by atomic mass is 9.90. The van der Waals surface area contributed by atoms with E-state index in [1.54, 1.807) is 6.07 Å². The first kappa shape index (κ1) is 15.4. The van der Waals surface area contributed by atoms with E-state index in [1.807, 2.05) is 13.0 Å². The summed E-state index contributed by atoms with van der Waals surface area (Å²) in [5, 5.41) is 6.31. The number of carbonyl (C=O) groups excluding carboxylic acids is 1. The number of aryl methyl sites for hydroxylation is 1. The number of carbonyl (C=O) groups is 1. The average molecular weight is 306 g/mol. The molecule has 3 rings (SSSR count). The molecule has 0 bridgehead atoms. The molecule has 0 aliphatic carbocycles. The minimum Gasteiger partial charge on any atom is -0.381 e. The summed E-state index contributed by atoms with van der Waals surface area (Å²) < 4.78 is 19.5.